The summed E-state index contributed by atoms with van der Waals surface area (Å²) in [6, 6.07) is 45.9. The zero-order valence-corrected chi connectivity index (χ0v) is 35.0. The summed E-state index contributed by atoms with van der Waals surface area (Å²) in [6.07, 6.45) is -1.60. The highest BCUT2D eigenvalue weighted by Crippen LogP contribution is 2.50. The highest BCUT2D eigenvalue weighted by atomic mass is 31.2. The molecule has 63 heavy (non-hydrogen) atoms. The lowest BCUT2D eigenvalue weighted by Gasteiger charge is -2.37. The molecule has 6 aromatic carbocycles. The molecule has 14 heteroatoms. The largest absolute Gasteiger partial charge is 0.527 e. The van der Waals surface area contributed by atoms with Crippen molar-refractivity contribution in [2.75, 3.05) is 13.7 Å². The fraction of sp³-hybridized carbons (Fsp3) is 0.184. The van der Waals surface area contributed by atoms with Gasteiger partial charge in [0.25, 0.3) is 0 Å². The van der Waals surface area contributed by atoms with Crippen molar-refractivity contribution in [3.63, 3.8) is 0 Å². The number of esters is 1. The molecular formula is C49H44N3O10P. The average molecular weight is 866 g/mol. The van der Waals surface area contributed by atoms with Gasteiger partial charge in [0.05, 0.1) is 20.1 Å². The first-order valence-electron chi connectivity index (χ1n) is 20.3. The number of hydrogen-bond acceptors (Lipinski definition) is 9. The van der Waals surface area contributed by atoms with Gasteiger partial charge in [-0.3, -0.25) is 19.0 Å². The highest BCUT2D eigenvalue weighted by molar-refractivity contribution is 7.47. The lowest BCUT2D eigenvalue weighted by molar-refractivity contribution is -0.145. The van der Waals surface area contributed by atoms with Crippen molar-refractivity contribution in [1.82, 2.24) is 16.0 Å². The average Bonchev–Trinajstić information content (AvgIpc) is 3.63. The van der Waals surface area contributed by atoms with Gasteiger partial charge in [0.1, 0.15) is 30.0 Å². The Bertz CT molecular complexity index is 2540. The Hall–Kier alpha value is -7.05. The Morgan fingerprint density at radius 2 is 1.27 bits per heavy atom. The predicted molar refractivity (Wildman–Crippen MR) is 233 cm³/mol. The normalized spacial score (nSPS) is 16.2. The SMILES string of the molecule is COC(=O)[C@H](Cc1ccc2c(c1)COP(=O)(O)O2)NC(=O)[C@H](CC(=O)NC(c1ccccc1)(c1ccccc1)c1ccccc1)NC(=O)OCC1c2ccccc2-c2ccccc21. The summed E-state index contributed by atoms with van der Waals surface area (Å²) >= 11 is 0. The van der Waals surface area contributed by atoms with Crippen molar-refractivity contribution in [3.05, 3.63) is 197 Å². The molecular weight excluding hydrogens is 822 g/mol. The third-order valence-corrected chi connectivity index (χ3v) is 12.1. The number of ether oxygens (including phenoxy) is 2. The first kappa shape index (κ1) is 42.6. The summed E-state index contributed by atoms with van der Waals surface area (Å²) in [5.41, 5.74) is 6.04. The zero-order valence-electron chi connectivity index (χ0n) is 34.1. The van der Waals surface area contributed by atoms with Crippen LogP contribution in [0.4, 0.5) is 4.79 Å². The van der Waals surface area contributed by atoms with E-state index in [2.05, 4.69) is 16.0 Å². The van der Waals surface area contributed by atoms with Crippen molar-refractivity contribution in [1.29, 1.82) is 0 Å². The number of carbonyl (C=O) groups excluding carboxylic acids is 4. The molecule has 0 saturated carbocycles. The van der Waals surface area contributed by atoms with Gasteiger partial charge in [-0.15, -0.1) is 0 Å². The number of phosphoric acid groups is 1. The van der Waals surface area contributed by atoms with Crippen molar-refractivity contribution < 1.29 is 47.2 Å². The quantitative estimate of drug-likeness (QED) is 0.0494. The molecule has 0 bridgehead atoms. The Morgan fingerprint density at radius 1 is 0.730 bits per heavy atom. The number of fused-ring (bicyclic) bond motifs is 4. The minimum atomic E-state index is -4.25. The molecule has 13 nitrogen and oxygen atoms in total. The minimum Gasteiger partial charge on any atom is -0.467 e. The van der Waals surface area contributed by atoms with Gasteiger partial charge in [-0.1, -0.05) is 146 Å². The number of hydrogen-bond donors (Lipinski definition) is 4. The van der Waals surface area contributed by atoms with E-state index in [1.807, 2.05) is 140 Å². The summed E-state index contributed by atoms with van der Waals surface area (Å²) in [5.74, 6) is -2.39. The lowest BCUT2D eigenvalue weighted by Crippen LogP contribution is -2.55. The van der Waals surface area contributed by atoms with Crippen LogP contribution in [0.5, 0.6) is 5.75 Å². The molecule has 320 valence electrons. The van der Waals surface area contributed by atoms with Gasteiger partial charge >= 0.3 is 19.9 Å². The summed E-state index contributed by atoms with van der Waals surface area (Å²) in [4.78, 5) is 65.9. The monoisotopic (exact) mass is 865 g/mol. The van der Waals surface area contributed by atoms with E-state index >= 15 is 0 Å². The molecule has 3 atom stereocenters. The van der Waals surface area contributed by atoms with Crippen LogP contribution < -0.4 is 20.5 Å². The predicted octanol–water partition coefficient (Wildman–Crippen LogP) is 7.30. The van der Waals surface area contributed by atoms with Gasteiger partial charge in [0, 0.05) is 17.9 Å². The molecule has 6 aromatic rings. The van der Waals surface area contributed by atoms with Crippen LogP contribution in [0.2, 0.25) is 0 Å². The summed E-state index contributed by atoms with van der Waals surface area (Å²) < 4.78 is 32.9. The molecule has 0 spiro atoms. The van der Waals surface area contributed by atoms with Gasteiger partial charge in [-0.25, -0.2) is 14.2 Å². The van der Waals surface area contributed by atoms with Crippen LogP contribution in [0.1, 0.15) is 51.3 Å². The number of amides is 3. The van der Waals surface area contributed by atoms with Crippen LogP contribution in [-0.4, -0.2) is 54.6 Å². The van der Waals surface area contributed by atoms with Crippen LogP contribution in [-0.2, 0) is 51.5 Å². The second-order valence-corrected chi connectivity index (χ2v) is 16.6. The van der Waals surface area contributed by atoms with Gasteiger partial charge < -0.3 is 29.9 Å². The second kappa shape index (κ2) is 18.5. The number of carbonyl (C=O) groups is 4. The molecule has 0 saturated heterocycles. The van der Waals surface area contributed by atoms with Crippen LogP contribution in [0.3, 0.4) is 0 Å². The van der Waals surface area contributed by atoms with E-state index < -0.39 is 55.7 Å². The summed E-state index contributed by atoms with van der Waals surface area (Å²) in [5, 5.41) is 8.56. The molecule has 1 unspecified atom stereocenters. The van der Waals surface area contributed by atoms with E-state index in [1.165, 1.54) is 13.2 Å². The maximum absolute atomic E-state index is 14.6. The first-order chi connectivity index (χ1) is 30.5. The molecule has 1 aliphatic heterocycles. The Balaban J connectivity index is 1.08. The number of nitrogens with one attached hydrogen (secondary N) is 3. The third kappa shape index (κ3) is 9.27. The molecule has 0 fully saturated rings. The van der Waals surface area contributed by atoms with E-state index in [-0.39, 0.29) is 31.3 Å². The van der Waals surface area contributed by atoms with Crippen LogP contribution in [0.25, 0.3) is 11.1 Å². The van der Waals surface area contributed by atoms with Gasteiger partial charge in [-0.2, -0.15) is 0 Å². The number of benzene rings is 6. The standard InChI is InChI=1S/C49H44N3O10P/c1-59-47(55)43(28-32-25-26-44-33(27-32)30-61-63(57,58)62-44)50-46(54)42(51-48(56)60-31-41-39-23-13-11-21-37(39)38-22-12-14-24-40(38)41)29-45(53)52-49(34-15-5-2-6-16-34,35-17-7-3-8-18-35)36-19-9-4-10-20-36/h2-27,41-43H,28-31H2,1H3,(H,50,54)(H,51,56)(H,52,53)(H,57,58)/t42-,43-/m0/s1. The Labute approximate surface area is 364 Å². The topological polar surface area (TPSA) is 179 Å². The molecule has 0 aromatic heterocycles. The Morgan fingerprint density at radius 3 is 1.83 bits per heavy atom. The summed E-state index contributed by atoms with van der Waals surface area (Å²) in [7, 11) is -3.08. The van der Waals surface area contributed by atoms with E-state index in [1.54, 1.807) is 12.1 Å². The van der Waals surface area contributed by atoms with Gasteiger partial charge in [0.2, 0.25) is 11.8 Å². The van der Waals surface area contributed by atoms with Crippen molar-refractivity contribution in [2.24, 2.45) is 0 Å². The molecule has 0 radical (unpaired) electrons. The molecule has 1 aliphatic carbocycles. The smallest absolute Gasteiger partial charge is 0.467 e. The number of methoxy groups -OCH3 is 1. The number of rotatable bonds is 14. The third-order valence-electron chi connectivity index (χ3n) is 11.3. The van der Waals surface area contributed by atoms with E-state index in [0.717, 1.165) is 38.9 Å². The highest BCUT2D eigenvalue weighted by Gasteiger charge is 2.40. The van der Waals surface area contributed by atoms with Crippen molar-refractivity contribution in [3.8, 4) is 16.9 Å². The van der Waals surface area contributed by atoms with Crippen LogP contribution in [0, 0.1) is 0 Å². The minimum absolute atomic E-state index is 0.0538. The molecule has 4 N–H and O–H groups in total. The van der Waals surface area contributed by atoms with Gasteiger partial charge in [0.15, 0.2) is 0 Å². The number of phosphoric ester groups is 1. The number of alkyl carbamates (subject to hydrolysis) is 1. The molecule has 1 heterocycles. The van der Waals surface area contributed by atoms with E-state index in [4.69, 9.17) is 18.5 Å². The maximum atomic E-state index is 14.6. The van der Waals surface area contributed by atoms with Gasteiger partial charge in [-0.05, 0) is 56.6 Å². The van der Waals surface area contributed by atoms with Crippen LogP contribution >= 0.6 is 7.82 Å². The maximum Gasteiger partial charge on any atom is 0.527 e. The fourth-order valence-corrected chi connectivity index (χ4v) is 9.11. The zero-order chi connectivity index (χ0) is 44.0. The van der Waals surface area contributed by atoms with E-state index in [0.29, 0.717) is 11.1 Å². The second-order valence-electron chi connectivity index (χ2n) is 15.2. The van der Waals surface area contributed by atoms with E-state index in [9.17, 15) is 28.6 Å². The fourth-order valence-electron chi connectivity index (χ4n) is 8.33. The van der Waals surface area contributed by atoms with Crippen molar-refractivity contribution >= 4 is 31.7 Å². The molecule has 8 rings (SSSR count). The van der Waals surface area contributed by atoms with Crippen LogP contribution in [0.15, 0.2) is 158 Å². The lowest BCUT2D eigenvalue weighted by atomic mass is 9.77. The molecule has 2 aliphatic rings. The summed E-state index contributed by atoms with van der Waals surface area (Å²) in [6.45, 7) is -0.272. The Kier molecular flexibility index (Phi) is 12.5. The first-order valence-corrected chi connectivity index (χ1v) is 21.8. The van der Waals surface area contributed by atoms with Crippen molar-refractivity contribution in [2.45, 2.75) is 43.0 Å². The molecule has 3 amide bonds.